The molecule has 3 heteroatoms. The highest BCUT2D eigenvalue weighted by atomic mass is 16.5. The molecule has 0 radical (unpaired) electrons. The van der Waals surface area contributed by atoms with Gasteiger partial charge in [-0.1, -0.05) is 6.07 Å². The summed E-state index contributed by atoms with van der Waals surface area (Å²) in [6.45, 7) is 2.86. The molecular weight excluding hydrogens is 200 g/mol. The van der Waals surface area contributed by atoms with Crippen LogP contribution in [0.15, 0.2) is 12.1 Å². The first kappa shape index (κ1) is 11.3. The number of hydrogen-bond donors (Lipinski definition) is 1. The van der Waals surface area contributed by atoms with Gasteiger partial charge in [0.05, 0.1) is 12.8 Å². The first-order valence-corrected chi connectivity index (χ1v) is 5.78. The van der Waals surface area contributed by atoms with Gasteiger partial charge in [0.15, 0.2) is 0 Å². The van der Waals surface area contributed by atoms with Crippen LogP contribution in [0.1, 0.15) is 17.5 Å². The van der Waals surface area contributed by atoms with Crippen LogP contribution in [0.25, 0.3) is 0 Å². The number of nitrogens with zero attached hydrogens (tertiary/aromatic N) is 1. The number of rotatable bonds is 2. The maximum Gasteiger partial charge on any atom is 0.142 e. The standard InChI is InChI=1S/C13H20N2O/c1-9-4-7-12(16-3)13-11(9)6-5-10(8-14)15(13)2/h4,7,10H,5-6,8,14H2,1-3H3. The molecule has 3 nitrogen and oxygen atoms in total. The molecule has 0 aromatic heterocycles. The van der Waals surface area contributed by atoms with E-state index in [1.807, 2.05) is 6.07 Å². The summed E-state index contributed by atoms with van der Waals surface area (Å²) in [5.74, 6) is 0.959. The number of ether oxygens (including phenoxy) is 1. The predicted octanol–water partition coefficient (Wildman–Crippen LogP) is 1.71. The van der Waals surface area contributed by atoms with E-state index in [9.17, 15) is 0 Å². The van der Waals surface area contributed by atoms with Gasteiger partial charge < -0.3 is 15.4 Å². The zero-order valence-corrected chi connectivity index (χ0v) is 10.3. The van der Waals surface area contributed by atoms with Gasteiger partial charge in [-0.15, -0.1) is 0 Å². The fourth-order valence-corrected chi connectivity index (χ4v) is 2.55. The minimum Gasteiger partial charge on any atom is -0.495 e. The monoisotopic (exact) mass is 220 g/mol. The lowest BCUT2D eigenvalue weighted by atomic mass is 9.92. The molecule has 16 heavy (non-hydrogen) atoms. The van der Waals surface area contributed by atoms with Gasteiger partial charge in [-0.25, -0.2) is 0 Å². The van der Waals surface area contributed by atoms with Gasteiger partial charge >= 0.3 is 0 Å². The van der Waals surface area contributed by atoms with Gasteiger partial charge in [0, 0.05) is 19.6 Å². The molecule has 0 aliphatic carbocycles. The summed E-state index contributed by atoms with van der Waals surface area (Å²) in [6, 6.07) is 4.61. The minimum atomic E-state index is 0.434. The van der Waals surface area contributed by atoms with Crippen LogP contribution in [0.4, 0.5) is 5.69 Å². The molecule has 1 aliphatic rings. The molecule has 1 unspecified atom stereocenters. The second kappa shape index (κ2) is 4.34. The third kappa shape index (κ3) is 1.65. The first-order chi connectivity index (χ1) is 7.69. The van der Waals surface area contributed by atoms with Gasteiger partial charge in [0.2, 0.25) is 0 Å². The van der Waals surface area contributed by atoms with Crippen molar-refractivity contribution in [3.8, 4) is 5.75 Å². The Morgan fingerprint density at radius 3 is 2.88 bits per heavy atom. The van der Waals surface area contributed by atoms with Crippen molar-refractivity contribution >= 4 is 5.69 Å². The van der Waals surface area contributed by atoms with Crippen molar-refractivity contribution in [3.63, 3.8) is 0 Å². The molecular formula is C13H20N2O. The van der Waals surface area contributed by atoms with Gasteiger partial charge in [0.25, 0.3) is 0 Å². The molecule has 1 aromatic rings. The lowest BCUT2D eigenvalue weighted by molar-refractivity contribution is 0.409. The Labute approximate surface area is 97.2 Å². The lowest BCUT2D eigenvalue weighted by Crippen LogP contribution is -2.41. The van der Waals surface area contributed by atoms with Crippen molar-refractivity contribution in [3.05, 3.63) is 23.3 Å². The van der Waals surface area contributed by atoms with E-state index in [1.54, 1.807) is 7.11 Å². The Hall–Kier alpha value is -1.22. The average molecular weight is 220 g/mol. The van der Waals surface area contributed by atoms with Crippen molar-refractivity contribution < 1.29 is 4.74 Å². The van der Waals surface area contributed by atoms with E-state index < -0.39 is 0 Å². The van der Waals surface area contributed by atoms with Gasteiger partial charge in [-0.05, 0) is 37.0 Å². The smallest absolute Gasteiger partial charge is 0.142 e. The fourth-order valence-electron chi connectivity index (χ4n) is 2.55. The molecule has 0 amide bonds. The number of fused-ring (bicyclic) bond motifs is 1. The topological polar surface area (TPSA) is 38.5 Å². The average Bonchev–Trinajstić information content (AvgIpc) is 2.31. The summed E-state index contributed by atoms with van der Waals surface area (Å²) in [5.41, 5.74) is 9.78. The predicted molar refractivity (Wildman–Crippen MR) is 67.3 cm³/mol. The summed E-state index contributed by atoms with van der Waals surface area (Å²) in [4.78, 5) is 2.27. The number of likely N-dealkylation sites (N-methyl/N-ethyl adjacent to an activating group) is 1. The second-order valence-electron chi connectivity index (χ2n) is 4.45. The first-order valence-electron chi connectivity index (χ1n) is 5.78. The SMILES string of the molecule is COc1ccc(C)c2c1N(C)C(CN)CC2. The molecule has 88 valence electrons. The molecule has 1 aromatic carbocycles. The molecule has 0 fully saturated rings. The number of nitrogens with two attached hydrogens (primary N) is 1. The molecule has 1 atom stereocenters. The Balaban J connectivity index is 2.51. The summed E-state index contributed by atoms with van der Waals surface area (Å²) in [7, 11) is 3.84. The summed E-state index contributed by atoms with van der Waals surface area (Å²) in [5, 5.41) is 0. The molecule has 2 N–H and O–H groups in total. The van der Waals surface area contributed by atoms with Crippen LogP contribution in [-0.2, 0) is 6.42 Å². The molecule has 1 heterocycles. The van der Waals surface area contributed by atoms with Crippen LogP contribution in [0.5, 0.6) is 5.75 Å². The summed E-state index contributed by atoms with van der Waals surface area (Å²) >= 11 is 0. The highest BCUT2D eigenvalue weighted by Crippen LogP contribution is 2.39. The van der Waals surface area contributed by atoms with Crippen molar-refractivity contribution in [2.45, 2.75) is 25.8 Å². The van der Waals surface area contributed by atoms with Crippen molar-refractivity contribution in [1.29, 1.82) is 0 Å². The van der Waals surface area contributed by atoms with E-state index in [-0.39, 0.29) is 0 Å². The number of aryl methyl sites for hydroxylation is 1. The van der Waals surface area contributed by atoms with Crippen molar-refractivity contribution in [1.82, 2.24) is 0 Å². The maximum atomic E-state index is 5.80. The van der Waals surface area contributed by atoms with Crippen molar-refractivity contribution in [2.75, 3.05) is 25.6 Å². The largest absolute Gasteiger partial charge is 0.495 e. The lowest BCUT2D eigenvalue weighted by Gasteiger charge is -2.37. The zero-order valence-electron chi connectivity index (χ0n) is 10.3. The molecule has 0 saturated carbocycles. The van der Waals surface area contributed by atoms with Crippen LogP contribution >= 0.6 is 0 Å². The van der Waals surface area contributed by atoms with Crippen LogP contribution in [0, 0.1) is 6.92 Å². The fraction of sp³-hybridized carbons (Fsp3) is 0.538. The Kier molecular flexibility index (Phi) is 3.06. The number of methoxy groups -OCH3 is 1. The van der Waals surface area contributed by atoms with Crippen LogP contribution in [0.2, 0.25) is 0 Å². The Morgan fingerprint density at radius 1 is 1.50 bits per heavy atom. The molecule has 1 aliphatic heterocycles. The highest BCUT2D eigenvalue weighted by Gasteiger charge is 2.26. The van der Waals surface area contributed by atoms with E-state index in [0.717, 1.165) is 18.6 Å². The second-order valence-corrected chi connectivity index (χ2v) is 4.45. The van der Waals surface area contributed by atoms with Crippen LogP contribution in [-0.4, -0.2) is 26.7 Å². The van der Waals surface area contributed by atoms with Gasteiger partial charge in [-0.3, -0.25) is 0 Å². The van der Waals surface area contributed by atoms with Crippen LogP contribution in [0.3, 0.4) is 0 Å². The Bertz CT molecular complexity index is 390. The number of anilines is 1. The van der Waals surface area contributed by atoms with Crippen LogP contribution < -0.4 is 15.4 Å². The minimum absolute atomic E-state index is 0.434. The third-order valence-electron chi connectivity index (χ3n) is 3.60. The van der Waals surface area contributed by atoms with Gasteiger partial charge in [-0.2, -0.15) is 0 Å². The molecule has 2 rings (SSSR count). The normalized spacial score (nSPS) is 19.5. The Morgan fingerprint density at radius 2 is 2.25 bits per heavy atom. The molecule has 0 spiro atoms. The van der Waals surface area contributed by atoms with Crippen molar-refractivity contribution in [2.24, 2.45) is 5.73 Å². The number of benzene rings is 1. The molecule has 0 bridgehead atoms. The summed E-state index contributed by atoms with van der Waals surface area (Å²) < 4.78 is 5.45. The van der Waals surface area contributed by atoms with E-state index in [0.29, 0.717) is 12.6 Å². The van der Waals surface area contributed by atoms with E-state index >= 15 is 0 Å². The molecule has 0 saturated heterocycles. The summed E-state index contributed by atoms with van der Waals surface area (Å²) in [6.07, 6.45) is 2.23. The highest BCUT2D eigenvalue weighted by molar-refractivity contribution is 5.67. The van der Waals surface area contributed by atoms with E-state index in [1.165, 1.54) is 16.8 Å². The van der Waals surface area contributed by atoms with E-state index in [2.05, 4.69) is 24.9 Å². The third-order valence-corrected chi connectivity index (χ3v) is 3.60. The van der Waals surface area contributed by atoms with E-state index in [4.69, 9.17) is 10.5 Å². The number of hydrogen-bond acceptors (Lipinski definition) is 3. The maximum absolute atomic E-state index is 5.80. The zero-order chi connectivity index (χ0) is 11.7. The van der Waals surface area contributed by atoms with Gasteiger partial charge in [0.1, 0.15) is 5.75 Å². The quantitative estimate of drug-likeness (QED) is 0.824.